The molecule has 0 saturated carbocycles. The predicted molar refractivity (Wildman–Crippen MR) is 80.8 cm³/mol. The normalized spacial score (nSPS) is 24.1. The van der Waals surface area contributed by atoms with Crippen molar-refractivity contribution in [3.05, 3.63) is 30.2 Å². The fraction of sp³-hybridized carbons (Fsp3) is 0.562. The van der Waals surface area contributed by atoms with E-state index in [0.29, 0.717) is 0 Å². The molecule has 2 aliphatic rings. The minimum absolute atomic E-state index is 0.759. The van der Waals surface area contributed by atoms with Gasteiger partial charge in [0.25, 0.3) is 0 Å². The van der Waals surface area contributed by atoms with Crippen LogP contribution in [0.25, 0.3) is 11.5 Å². The highest BCUT2D eigenvalue weighted by atomic mass is 16.3. The van der Waals surface area contributed by atoms with Crippen molar-refractivity contribution in [3.8, 4) is 11.5 Å². The number of hydrogen-bond donors (Lipinski definition) is 1. The van der Waals surface area contributed by atoms with Crippen LogP contribution in [-0.2, 0) is 6.54 Å². The Hall–Kier alpha value is -1.59. The molecule has 21 heavy (non-hydrogen) atoms. The predicted octanol–water partition coefficient (Wildman–Crippen LogP) is 2.34. The van der Waals surface area contributed by atoms with Gasteiger partial charge in [-0.05, 0) is 37.6 Å². The Morgan fingerprint density at radius 1 is 1.19 bits per heavy atom. The number of aromatic amines is 1. The lowest BCUT2D eigenvalue weighted by Gasteiger charge is -2.43. The summed E-state index contributed by atoms with van der Waals surface area (Å²) in [5.41, 5.74) is 0.943. The van der Waals surface area contributed by atoms with E-state index in [1.54, 1.807) is 6.20 Å². The fourth-order valence-corrected chi connectivity index (χ4v) is 3.59. The van der Waals surface area contributed by atoms with E-state index in [-0.39, 0.29) is 0 Å². The van der Waals surface area contributed by atoms with Crippen molar-refractivity contribution in [3.63, 3.8) is 0 Å². The van der Waals surface area contributed by atoms with E-state index in [9.17, 15) is 0 Å². The van der Waals surface area contributed by atoms with Gasteiger partial charge in [0.1, 0.15) is 11.5 Å². The highest BCUT2D eigenvalue weighted by Gasteiger charge is 2.29. The Kier molecular flexibility index (Phi) is 3.53. The summed E-state index contributed by atoms with van der Waals surface area (Å²) in [4.78, 5) is 5.19. The zero-order valence-electron chi connectivity index (χ0n) is 12.3. The van der Waals surface area contributed by atoms with Crippen molar-refractivity contribution in [1.82, 2.24) is 20.0 Å². The minimum atomic E-state index is 0.759. The Balaban J connectivity index is 1.40. The minimum Gasteiger partial charge on any atom is -0.458 e. The van der Waals surface area contributed by atoms with Crippen molar-refractivity contribution in [2.24, 2.45) is 0 Å². The van der Waals surface area contributed by atoms with Crippen LogP contribution in [0.2, 0.25) is 0 Å². The van der Waals surface area contributed by atoms with E-state index in [2.05, 4.69) is 26.1 Å². The first-order valence-corrected chi connectivity index (χ1v) is 7.93. The Morgan fingerprint density at radius 2 is 2.19 bits per heavy atom. The number of fused-ring (bicyclic) bond motifs is 1. The topological polar surface area (TPSA) is 48.3 Å². The molecule has 5 heteroatoms. The van der Waals surface area contributed by atoms with E-state index in [1.165, 1.54) is 38.9 Å². The molecule has 2 aliphatic heterocycles. The maximum absolute atomic E-state index is 5.94. The molecule has 0 unspecified atom stereocenters. The summed E-state index contributed by atoms with van der Waals surface area (Å²) >= 11 is 0. The quantitative estimate of drug-likeness (QED) is 0.941. The average Bonchev–Trinajstić information content (AvgIpc) is 3.18. The van der Waals surface area contributed by atoms with Crippen LogP contribution in [0.15, 0.2) is 28.8 Å². The van der Waals surface area contributed by atoms with Gasteiger partial charge in [0.2, 0.25) is 0 Å². The molecule has 2 saturated heterocycles. The standard InChI is InChI=1S/C16H22N4O/c1-2-8-20-10-9-19(11-13(20)3-1)12-14-4-5-16(21-14)15-6-7-17-18-15/h4-7,13H,1-3,8-12H2,(H,17,18)/t13-/m0/s1. The van der Waals surface area contributed by atoms with Gasteiger partial charge in [-0.25, -0.2) is 0 Å². The van der Waals surface area contributed by atoms with Gasteiger partial charge in [-0.2, -0.15) is 5.10 Å². The van der Waals surface area contributed by atoms with Gasteiger partial charge in [-0.3, -0.25) is 14.9 Å². The second-order valence-electron chi connectivity index (χ2n) is 6.16. The molecule has 0 radical (unpaired) electrons. The molecule has 2 aromatic rings. The van der Waals surface area contributed by atoms with Crippen LogP contribution in [0.3, 0.4) is 0 Å². The zero-order valence-corrected chi connectivity index (χ0v) is 12.3. The molecular formula is C16H22N4O. The summed E-state index contributed by atoms with van der Waals surface area (Å²) in [7, 11) is 0. The first-order valence-electron chi connectivity index (χ1n) is 7.93. The van der Waals surface area contributed by atoms with E-state index in [4.69, 9.17) is 4.42 Å². The molecule has 4 rings (SSSR count). The second-order valence-corrected chi connectivity index (χ2v) is 6.16. The molecule has 0 amide bonds. The lowest BCUT2D eigenvalue weighted by molar-refractivity contribution is 0.0427. The average molecular weight is 286 g/mol. The monoisotopic (exact) mass is 286 g/mol. The Morgan fingerprint density at radius 3 is 3.10 bits per heavy atom. The summed E-state index contributed by atoms with van der Waals surface area (Å²) < 4.78 is 5.94. The van der Waals surface area contributed by atoms with Crippen molar-refractivity contribution >= 4 is 0 Å². The summed E-state index contributed by atoms with van der Waals surface area (Å²) in [5.74, 6) is 1.92. The largest absolute Gasteiger partial charge is 0.458 e. The summed E-state index contributed by atoms with van der Waals surface area (Å²) in [5, 5.41) is 6.91. The maximum Gasteiger partial charge on any atom is 0.152 e. The molecule has 2 aromatic heterocycles. The number of furan rings is 1. The SMILES string of the molecule is c1cc(-c2ccc(CN3CCN4CCCC[C@H]4C3)o2)[nH]n1. The number of rotatable bonds is 3. The number of piperazine rings is 1. The Labute approximate surface area is 124 Å². The van der Waals surface area contributed by atoms with Gasteiger partial charge in [0, 0.05) is 31.9 Å². The molecule has 1 N–H and O–H groups in total. The first kappa shape index (κ1) is 13.1. The number of hydrogen-bond acceptors (Lipinski definition) is 4. The van der Waals surface area contributed by atoms with Gasteiger partial charge in [0.15, 0.2) is 5.76 Å². The molecule has 5 nitrogen and oxygen atoms in total. The molecule has 0 spiro atoms. The van der Waals surface area contributed by atoms with E-state index in [0.717, 1.165) is 36.3 Å². The highest BCUT2D eigenvalue weighted by Crippen LogP contribution is 2.24. The third-order valence-corrected chi connectivity index (χ3v) is 4.73. The fourth-order valence-electron chi connectivity index (χ4n) is 3.59. The number of nitrogens with zero attached hydrogens (tertiary/aromatic N) is 3. The van der Waals surface area contributed by atoms with Crippen molar-refractivity contribution in [2.75, 3.05) is 26.2 Å². The van der Waals surface area contributed by atoms with Crippen molar-refractivity contribution in [1.29, 1.82) is 0 Å². The first-order chi connectivity index (χ1) is 10.4. The molecule has 0 aliphatic carbocycles. The van der Waals surface area contributed by atoms with E-state index >= 15 is 0 Å². The van der Waals surface area contributed by atoms with Crippen LogP contribution < -0.4 is 0 Å². The molecule has 2 fully saturated rings. The molecule has 4 heterocycles. The smallest absolute Gasteiger partial charge is 0.152 e. The van der Waals surface area contributed by atoms with Crippen LogP contribution in [0.4, 0.5) is 0 Å². The van der Waals surface area contributed by atoms with Gasteiger partial charge >= 0.3 is 0 Å². The van der Waals surface area contributed by atoms with E-state index in [1.807, 2.05) is 12.1 Å². The third kappa shape index (κ3) is 2.76. The van der Waals surface area contributed by atoms with Crippen LogP contribution in [0.5, 0.6) is 0 Å². The Bertz CT molecular complexity index is 577. The van der Waals surface area contributed by atoms with Gasteiger partial charge in [0.05, 0.1) is 6.54 Å². The molecule has 0 aromatic carbocycles. The van der Waals surface area contributed by atoms with Crippen LogP contribution >= 0.6 is 0 Å². The number of piperidine rings is 1. The number of nitrogens with one attached hydrogen (secondary N) is 1. The summed E-state index contributed by atoms with van der Waals surface area (Å²) in [6.07, 6.45) is 5.87. The van der Waals surface area contributed by atoms with Gasteiger partial charge in [-0.15, -0.1) is 0 Å². The summed E-state index contributed by atoms with van der Waals surface area (Å²) in [6.45, 7) is 5.75. The van der Waals surface area contributed by atoms with Crippen LogP contribution in [-0.4, -0.2) is 52.2 Å². The number of H-pyrrole nitrogens is 1. The molecule has 0 bridgehead atoms. The lowest BCUT2D eigenvalue weighted by Crippen LogP contribution is -2.54. The maximum atomic E-state index is 5.94. The molecule has 1 atom stereocenters. The lowest BCUT2D eigenvalue weighted by atomic mass is 9.99. The molecular weight excluding hydrogens is 264 g/mol. The number of aromatic nitrogens is 2. The van der Waals surface area contributed by atoms with E-state index < -0.39 is 0 Å². The summed E-state index contributed by atoms with van der Waals surface area (Å²) in [6, 6.07) is 6.81. The second kappa shape index (κ2) is 5.66. The van der Waals surface area contributed by atoms with Gasteiger partial charge < -0.3 is 4.42 Å². The van der Waals surface area contributed by atoms with Crippen LogP contribution in [0, 0.1) is 0 Å². The van der Waals surface area contributed by atoms with Gasteiger partial charge in [-0.1, -0.05) is 6.42 Å². The van der Waals surface area contributed by atoms with Crippen molar-refractivity contribution in [2.45, 2.75) is 31.8 Å². The highest BCUT2D eigenvalue weighted by molar-refractivity contribution is 5.51. The van der Waals surface area contributed by atoms with Crippen molar-refractivity contribution < 1.29 is 4.42 Å². The van der Waals surface area contributed by atoms with Crippen LogP contribution in [0.1, 0.15) is 25.0 Å². The third-order valence-electron chi connectivity index (χ3n) is 4.73. The molecule has 112 valence electrons. The zero-order chi connectivity index (χ0) is 14.1.